The summed E-state index contributed by atoms with van der Waals surface area (Å²) in [5.41, 5.74) is 0. The quantitative estimate of drug-likeness (QED) is 0.522. The van der Waals surface area contributed by atoms with Gasteiger partial charge >= 0.3 is 0 Å². The second kappa shape index (κ2) is 7.02. The summed E-state index contributed by atoms with van der Waals surface area (Å²) in [6.45, 7) is 0. The Kier molecular flexibility index (Phi) is 10.9. The Labute approximate surface area is 63.7 Å². The molecule has 0 radical (unpaired) electrons. The molecule has 0 amide bonds. The maximum Gasteiger partial charge on any atom is 0.0229 e. The van der Waals surface area contributed by atoms with E-state index in [1.807, 2.05) is 21.6 Å². The first-order valence-electron chi connectivity index (χ1n) is 1.43. The van der Waals surface area contributed by atoms with Crippen molar-refractivity contribution in [1.29, 1.82) is 0 Å². The minimum atomic E-state index is 0. The van der Waals surface area contributed by atoms with Crippen LogP contribution in [-0.4, -0.2) is 5.75 Å². The van der Waals surface area contributed by atoms with Crippen molar-refractivity contribution in [2.45, 2.75) is 0 Å². The highest BCUT2D eigenvalue weighted by Crippen LogP contribution is 2.27. The number of rotatable bonds is 0. The predicted molar refractivity (Wildman–Crippen MR) is 43.7 cm³/mol. The van der Waals surface area contributed by atoms with Crippen LogP contribution in [0.2, 0.25) is 0 Å². The Morgan fingerprint density at radius 1 is 1.29 bits per heavy atom. The van der Waals surface area contributed by atoms with Crippen molar-refractivity contribution in [3.05, 3.63) is 11.5 Å². The second-order valence-corrected chi connectivity index (χ2v) is 3.07. The standard InChI is InChI=1S/C3H4S2.2ClH/c1-2-4-5-3-1;;/h1-2H,3H2;2*1H. The van der Waals surface area contributed by atoms with Crippen molar-refractivity contribution in [2.75, 3.05) is 5.75 Å². The summed E-state index contributed by atoms with van der Waals surface area (Å²) in [5, 5.41) is 2.12. The van der Waals surface area contributed by atoms with E-state index < -0.39 is 0 Å². The van der Waals surface area contributed by atoms with Gasteiger partial charge in [-0.1, -0.05) is 27.7 Å². The third kappa shape index (κ3) is 4.88. The van der Waals surface area contributed by atoms with Gasteiger partial charge in [0, 0.05) is 5.75 Å². The molecule has 0 unspecified atom stereocenters. The Morgan fingerprint density at radius 2 is 2.00 bits per heavy atom. The monoisotopic (exact) mass is 176 g/mol. The lowest BCUT2D eigenvalue weighted by molar-refractivity contribution is 1.85. The van der Waals surface area contributed by atoms with Gasteiger partial charge in [0.1, 0.15) is 0 Å². The van der Waals surface area contributed by atoms with Crippen molar-refractivity contribution >= 4 is 46.4 Å². The predicted octanol–water partition coefficient (Wildman–Crippen LogP) is 2.74. The molecule has 0 aromatic heterocycles. The van der Waals surface area contributed by atoms with Crippen LogP contribution in [0.25, 0.3) is 0 Å². The minimum Gasteiger partial charge on any atom is -0.147 e. The Balaban J connectivity index is 0. The summed E-state index contributed by atoms with van der Waals surface area (Å²) in [7, 11) is 3.69. The van der Waals surface area contributed by atoms with Gasteiger partial charge in [-0.15, -0.1) is 24.8 Å². The topological polar surface area (TPSA) is 0 Å². The smallest absolute Gasteiger partial charge is 0.0229 e. The third-order valence-corrected chi connectivity index (χ3v) is 2.30. The van der Waals surface area contributed by atoms with Crippen molar-refractivity contribution in [3.8, 4) is 0 Å². The van der Waals surface area contributed by atoms with Crippen LogP contribution >= 0.6 is 46.4 Å². The van der Waals surface area contributed by atoms with E-state index in [0.717, 1.165) is 0 Å². The first kappa shape index (κ1) is 10.9. The summed E-state index contributed by atoms with van der Waals surface area (Å²) < 4.78 is 0. The van der Waals surface area contributed by atoms with Crippen LogP contribution in [-0.2, 0) is 0 Å². The molecule has 0 nitrogen and oxygen atoms in total. The molecule has 0 aromatic rings. The molecule has 1 rings (SSSR count). The Hall–Kier alpha value is 1.02. The molecule has 0 spiro atoms. The van der Waals surface area contributed by atoms with E-state index in [9.17, 15) is 0 Å². The zero-order valence-electron chi connectivity index (χ0n) is 3.49. The summed E-state index contributed by atoms with van der Waals surface area (Å²) in [6.07, 6.45) is 2.16. The van der Waals surface area contributed by atoms with E-state index in [-0.39, 0.29) is 24.8 Å². The van der Waals surface area contributed by atoms with Crippen LogP contribution in [0, 0.1) is 0 Å². The Bertz CT molecular complexity index is 48.9. The van der Waals surface area contributed by atoms with Gasteiger partial charge in [0.2, 0.25) is 0 Å². The average molecular weight is 177 g/mol. The lowest BCUT2D eigenvalue weighted by atomic mass is 10.8. The molecule has 0 saturated carbocycles. The van der Waals surface area contributed by atoms with Gasteiger partial charge in [0.25, 0.3) is 0 Å². The lowest BCUT2D eigenvalue weighted by Crippen LogP contribution is -1.46. The molecule has 7 heavy (non-hydrogen) atoms. The van der Waals surface area contributed by atoms with E-state index in [1.165, 1.54) is 5.75 Å². The largest absolute Gasteiger partial charge is 0.147 e. The van der Waals surface area contributed by atoms with Gasteiger partial charge < -0.3 is 0 Å². The van der Waals surface area contributed by atoms with Crippen LogP contribution in [0.4, 0.5) is 0 Å². The van der Waals surface area contributed by atoms with Gasteiger partial charge in [-0.25, -0.2) is 0 Å². The first-order valence-corrected chi connectivity index (χ1v) is 3.81. The van der Waals surface area contributed by atoms with Gasteiger partial charge in [-0.2, -0.15) is 0 Å². The van der Waals surface area contributed by atoms with E-state index in [2.05, 4.69) is 11.5 Å². The minimum absolute atomic E-state index is 0. The van der Waals surface area contributed by atoms with Crippen LogP contribution in [0.3, 0.4) is 0 Å². The Morgan fingerprint density at radius 3 is 2.14 bits per heavy atom. The van der Waals surface area contributed by atoms with Crippen molar-refractivity contribution in [1.82, 2.24) is 0 Å². The molecule has 44 valence electrons. The maximum atomic E-state index is 2.16. The van der Waals surface area contributed by atoms with Gasteiger partial charge in [-0.3, -0.25) is 0 Å². The van der Waals surface area contributed by atoms with Crippen molar-refractivity contribution < 1.29 is 0 Å². The molecular weight excluding hydrogens is 171 g/mol. The fourth-order valence-electron chi connectivity index (χ4n) is 0.196. The molecule has 1 aliphatic rings. The van der Waals surface area contributed by atoms with Crippen LogP contribution < -0.4 is 0 Å². The summed E-state index contributed by atoms with van der Waals surface area (Å²) in [5.74, 6) is 1.20. The summed E-state index contributed by atoms with van der Waals surface area (Å²) in [6, 6.07) is 0. The molecule has 1 heterocycles. The fourth-order valence-corrected chi connectivity index (χ4v) is 1.77. The number of hydrogen-bond donors (Lipinski definition) is 0. The lowest BCUT2D eigenvalue weighted by Gasteiger charge is -1.69. The molecule has 0 N–H and O–H groups in total. The molecule has 0 bridgehead atoms. The summed E-state index contributed by atoms with van der Waals surface area (Å²) in [4.78, 5) is 0. The number of halogens is 2. The molecular formula is C3H6Cl2S2. The van der Waals surface area contributed by atoms with Crippen LogP contribution in [0.5, 0.6) is 0 Å². The van der Waals surface area contributed by atoms with Crippen molar-refractivity contribution in [2.24, 2.45) is 0 Å². The van der Waals surface area contributed by atoms with Gasteiger partial charge in [0.15, 0.2) is 0 Å². The molecule has 0 aliphatic carbocycles. The maximum absolute atomic E-state index is 2.16. The molecule has 0 aromatic carbocycles. The van der Waals surface area contributed by atoms with E-state index in [0.29, 0.717) is 0 Å². The molecule has 0 saturated heterocycles. The summed E-state index contributed by atoms with van der Waals surface area (Å²) >= 11 is 0. The van der Waals surface area contributed by atoms with Gasteiger partial charge in [0.05, 0.1) is 0 Å². The van der Waals surface area contributed by atoms with E-state index in [1.54, 1.807) is 0 Å². The van der Waals surface area contributed by atoms with E-state index in [4.69, 9.17) is 0 Å². The number of hydrogen-bond acceptors (Lipinski definition) is 2. The highest BCUT2D eigenvalue weighted by molar-refractivity contribution is 8.78. The van der Waals surface area contributed by atoms with Crippen LogP contribution in [0.15, 0.2) is 11.5 Å². The van der Waals surface area contributed by atoms with Crippen molar-refractivity contribution in [3.63, 3.8) is 0 Å². The SMILES string of the molecule is C1=CSSC1.Cl.Cl. The zero-order valence-corrected chi connectivity index (χ0v) is 6.76. The second-order valence-electron chi connectivity index (χ2n) is 0.753. The highest BCUT2D eigenvalue weighted by Gasteiger charge is 1.85. The molecule has 0 fully saturated rings. The highest BCUT2D eigenvalue weighted by atomic mass is 35.5. The zero-order chi connectivity index (χ0) is 3.54. The molecule has 0 atom stereocenters. The fraction of sp³-hybridized carbons (Fsp3) is 0.333. The van der Waals surface area contributed by atoms with E-state index >= 15 is 0 Å². The molecule has 1 aliphatic heterocycles. The van der Waals surface area contributed by atoms with Crippen LogP contribution in [0.1, 0.15) is 0 Å². The first-order chi connectivity index (χ1) is 2.50. The average Bonchev–Trinajstić information content (AvgIpc) is 1.76. The third-order valence-electron chi connectivity index (χ3n) is 0.384. The van der Waals surface area contributed by atoms with Gasteiger partial charge in [-0.05, 0) is 5.41 Å². The molecule has 4 heteroatoms. The normalized spacial score (nSPS) is 14.9.